The molecule has 0 radical (unpaired) electrons. The number of anilines is 1. The monoisotopic (exact) mass is 307 g/mol. The molecule has 1 aliphatic carbocycles. The highest BCUT2D eigenvalue weighted by molar-refractivity contribution is 6.00. The van der Waals surface area contributed by atoms with Crippen LogP contribution < -0.4 is 10.6 Å². The number of nitrogens with zero attached hydrogens (tertiary/aromatic N) is 3. The molecular formula is C18H21N5. The molecule has 1 aliphatic heterocycles. The highest BCUT2D eigenvalue weighted by atomic mass is 15.2. The van der Waals surface area contributed by atoms with E-state index in [-0.39, 0.29) is 5.54 Å². The first-order valence-corrected chi connectivity index (χ1v) is 8.31. The van der Waals surface area contributed by atoms with Crippen molar-refractivity contribution in [1.82, 2.24) is 15.3 Å². The predicted molar refractivity (Wildman–Crippen MR) is 91.8 cm³/mol. The Morgan fingerprint density at radius 2 is 1.96 bits per heavy atom. The average molecular weight is 307 g/mol. The van der Waals surface area contributed by atoms with Crippen LogP contribution in [-0.4, -0.2) is 21.3 Å². The van der Waals surface area contributed by atoms with E-state index < -0.39 is 0 Å². The van der Waals surface area contributed by atoms with E-state index >= 15 is 0 Å². The van der Waals surface area contributed by atoms with E-state index in [0.29, 0.717) is 6.54 Å². The number of nitrogens with one attached hydrogen (secondary N) is 2. The van der Waals surface area contributed by atoms with Crippen LogP contribution in [0.1, 0.15) is 37.8 Å². The van der Waals surface area contributed by atoms with Gasteiger partial charge in [0.25, 0.3) is 0 Å². The van der Waals surface area contributed by atoms with Crippen molar-refractivity contribution in [3.63, 3.8) is 0 Å². The maximum atomic E-state index is 4.93. The first-order chi connectivity index (χ1) is 11.4. The van der Waals surface area contributed by atoms with E-state index in [2.05, 4.69) is 38.8 Å². The Kier molecular flexibility index (Phi) is 3.69. The fraction of sp³-hybridized carbons (Fsp3) is 0.389. The van der Waals surface area contributed by atoms with Gasteiger partial charge in [-0.3, -0.25) is 9.97 Å². The summed E-state index contributed by atoms with van der Waals surface area (Å²) < 4.78 is 0. The van der Waals surface area contributed by atoms with E-state index in [0.717, 1.165) is 35.7 Å². The number of aromatic nitrogens is 2. The molecule has 1 fully saturated rings. The number of benzene rings is 1. The number of rotatable bonds is 2. The third-order valence-electron chi connectivity index (χ3n) is 4.72. The summed E-state index contributed by atoms with van der Waals surface area (Å²) in [7, 11) is 0. The van der Waals surface area contributed by atoms with Crippen LogP contribution in [0.5, 0.6) is 0 Å². The van der Waals surface area contributed by atoms with Gasteiger partial charge in [0.2, 0.25) is 0 Å². The quantitative estimate of drug-likeness (QED) is 0.892. The van der Waals surface area contributed by atoms with Crippen molar-refractivity contribution in [2.75, 3.05) is 5.32 Å². The first kappa shape index (κ1) is 14.2. The molecule has 1 spiro atoms. The van der Waals surface area contributed by atoms with Crippen LogP contribution >= 0.6 is 0 Å². The number of para-hydroxylation sites is 2. The minimum Gasteiger partial charge on any atom is -0.371 e. The molecule has 0 bridgehead atoms. The number of aliphatic imine (C=N–C) groups is 1. The van der Waals surface area contributed by atoms with Gasteiger partial charge in [-0.15, -0.1) is 0 Å². The molecule has 0 saturated heterocycles. The highest BCUT2D eigenvalue weighted by Gasteiger charge is 2.40. The second-order valence-electron chi connectivity index (χ2n) is 6.30. The maximum absolute atomic E-state index is 4.93. The van der Waals surface area contributed by atoms with E-state index in [9.17, 15) is 0 Å². The molecule has 4 rings (SSSR count). The van der Waals surface area contributed by atoms with Crippen LogP contribution in [0.25, 0.3) is 0 Å². The Balaban J connectivity index is 1.63. The van der Waals surface area contributed by atoms with Crippen LogP contribution in [0.15, 0.2) is 47.8 Å². The summed E-state index contributed by atoms with van der Waals surface area (Å²) in [5, 5.41) is 7.29. The Labute approximate surface area is 136 Å². The molecule has 2 N–H and O–H groups in total. The van der Waals surface area contributed by atoms with Gasteiger partial charge < -0.3 is 10.6 Å². The van der Waals surface area contributed by atoms with Gasteiger partial charge in [0.05, 0.1) is 35.3 Å². The fourth-order valence-electron chi connectivity index (χ4n) is 3.54. The number of fused-ring (bicyclic) bond motifs is 1. The Bertz CT molecular complexity index is 704. The number of hydrogen-bond acceptors (Lipinski definition) is 5. The summed E-state index contributed by atoms with van der Waals surface area (Å²) in [5.41, 5.74) is 3.01. The Morgan fingerprint density at radius 3 is 2.78 bits per heavy atom. The van der Waals surface area contributed by atoms with Crippen molar-refractivity contribution < 1.29 is 0 Å². The zero-order chi connectivity index (χ0) is 15.5. The second kappa shape index (κ2) is 5.99. The molecule has 23 heavy (non-hydrogen) atoms. The second-order valence-corrected chi connectivity index (χ2v) is 6.30. The topological polar surface area (TPSA) is 62.2 Å². The van der Waals surface area contributed by atoms with Gasteiger partial charge in [-0.1, -0.05) is 31.4 Å². The maximum Gasteiger partial charge on any atom is 0.128 e. The van der Waals surface area contributed by atoms with Crippen LogP contribution in [0.4, 0.5) is 11.4 Å². The van der Waals surface area contributed by atoms with Crippen LogP contribution in [0.3, 0.4) is 0 Å². The molecule has 0 amide bonds. The van der Waals surface area contributed by atoms with E-state index in [1.54, 1.807) is 18.6 Å². The van der Waals surface area contributed by atoms with Crippen molar-refractivity contribution >= 4 is 17.2 Å². The molecule has 118 valence electrons. The van der Waals surface area contributed by atoms with Gasteiger partial charge in [0, 0.05) is 12.4 Å². The zero-order valence-corrected chi connectivity index (χ0v) is 13.1. The van der Waals surface area contributed by atoms with Crippen LogP contribution in [0.2, 0.25) is 0 Å². The molecule has 1 aromatic heterocycles. The summed E-state index contributed by atoms with van der Waals surface area (Å²) >= 11 is 0. The van der Waals surface area contributed by atoms with Crippen molar-refractivity contribution in [2.24, 2.45) is 4.99 Å². The Morgan fingerprint density at radius 1 is 1.09 bits per heavy atom. The third kappa shape index (κ3) is 2.79. The minimum absolute atomic E-state index is 0.0607. The summed E-state index contributed by atoms with van der Waals surface area (Å²) in [4.78, 5) is 13.4. The van der Waals surface area contributed by atoms with E-state index in [1.807, 2.05) is 6.07 Å². The average Bonchev–Trinajstić information content (AvgIpc) is 2.61. The van der Waals surface area contributed by atoms with Crippen LogP contribution in [-0.2, 0) is 6.54 Å². The van der Waals surface area contributed by atoms with E-state index in [4.69, 9.17) is 4.99 Å². The summed E-state index contributed by atoms with van der Waals surface area (Å²) in [6.07, 6.45) is 11.2. The lowest BCUT2D eigenvalue weighted by Crippen LogP contribution is -2.54. The molecule has 2 aromatic rings. The highest BCUT2D eigenvalue weighted by Crippen LogP contribution is 2.40. The lowest BCUT2D eigenvalue weighted by molar-refractivity contribution is 0.396. The smallest absolute Gasteiger partial charge is 0.128 e. The summed E-state index contributed by atoms with van der Waals surface area (Å²) in [5.74, 6) is 1.04. The van der Waals surface area contributed by atoms with Crippen LogP contribution in [0, 0.1) is 0 Å². The SMILES string of the molecule is c1ccc2c(c1)N=C(NCc1cnccn1)C1(CCCCC1)N2. The number of hydrogen-bond donors (Lipinski definition) is 2. The van der Waals surface area contributed by atoms with Gasteiger partial charge in [-0.25, -0.2) is 4.99 Å². The fourth-order valence-corrected chi connectivity index (χ4v) is 3.54. The molecule has 2 aliphatic rings. The largest absolute Gasteiger partial charge is 0.371 e. The van der Waals surface area contributed by atoms with Gasteiger partial charge in [0.15, 0.2) is 0 Å². The molecule has 5 nitrogen and oxygen atoms in total. The lowest BCUT2D eigenvalue weighted by Gasteiger charge is -2.42. The van der Waals surface area contributed by atoms with E-state index in [1.165, 1.54) is 19.3 Å². The molecule has 2 heterocycles. The molecule has 1 aromatic carbocycles. The number of amidine groups is 1. The lowest BCUT2D eigenvalue weighted by atomic mass is 9.79. The van der Waals surface area contributed by atoms with Gasteiger partial charge in [0.1, 0.15) is 5.84 Å². The molecule has 5 heteroatoms. The normalized spacial score (nSPS) is 18.7. The summed E-state index contributed by atoms with van der Waals surface area (Å²) in [6, 6.07) is 8.27. The van der Waals surface area contributed by atoms with Crippen molar-refractivity contribution in [3.8, 4) is 0 Å². The van der Waals surface area contributed by atoms with Crippen molar-refractivity contribution in [2.45, 2.75) is 44.2 Å². The molecular weight excluding hydrogens is 286 g/mol. The molecule has 0 atom stereocenters. The Hall–Kier alpha value is -2.43. The zero-order valence-electron chi connectivity index (χ0n) is 13.1. The van der Waals surface area contributed by atoms with Crippen molar-refractivity contribution in [3.05, 3.63) is 48.5 Å². The molecule has 1 saturated carbocycles. The van der Waals surface area contributed by atoms with Gasteiger partial charge in [-0.05, 0) is 25.0 Å². The summed E-state index contributed by atoms with van der Waals surface area (Å²) in [6.45, 7) is 0.651. The van der Waals surface area contributed by atoms with Gasteiger partial charge in [-0.2, -0.15) is 0 Å². The van der Waals surface area contributed by atoms with Gasteiger partial charge >= 0.3 is 0 Å². The third-order valence-corrected chi connectivity index (χ3v) is 4.72. The molecule has 0 unspecified atom stereocenters. The first-order valence-electron chi connectivity index (χ1n) is 8.31. The standard InChI is InChI=1S/C18H21N5/c1-4-8-18(9-5-1)17(21-13-14-12-19-10-11-20-14)22-15-6-2-3-7-16(15)23-18/h2-3,6-7,10-12,23H,1,4-5,8-9,13H2,(H,21,22). The minimum atomic E-state index is -0.0607. The van der Waals surface area contributed by atoms with Crippen molar-refractivity contribution in [1.29, 1.82) is 0 Å². The predicted octanol–water partition coefficient (Wildman–Crippen LogP) is 3.42.